The number of carboxylic acids is 1. The number of carbonyl (C=O) groups is 3. The standard InChI is InChI=1S/C16H25NO5/c1-2-3-8-13-11-22-16(21)12(10-15(19)20)7-5-4-6-9-14(18)17-13/h4-5,12-13H,2-3,6-11H2,1H3,(H,17,18)(H,19,20)/b5-4+/t12-,13+/m0/s1. The van der Waals surface area contributed by atoms with E-state index in [9.17, 15) is 14.4 Å². The summed E-state index contributed by atoms with van der Waals surface area (Å²) in [6.07, 6.45) is 7.28. The van der Waals surface area contributed by atoms with Crippen LogP contribution in [0.2, 0.25) is 0 Å². The van der Waals surface area contributed by atoms with E-state index in [2.05, 4.69) is 12.2 Å². The highest BCUT2D eigenvalue weighted by Gasteiger charge is 2.24. The Labute approximate surface area is 130 Å². The van der Waals surface area contributed by atoms with Gasteiger partial charge in [-0.05, 0) is 19.3 Å². The van der Waals surface area contributed by atoms with Crippen LogP contribution in [0.1, 0.15) is 51.9 Å². The molecule has 0 spiro atoms. The number of allylic oxidation sites excluding steroid dienone is 2. The molecule has 124 valence electrons. The minimum absolute atomic E-state index is 0.0514. The zero-order valence-corrected chi connectivity index (χ0v) is 13.0. The number of ether oxygens (including phenoxy) is 1. The van der Waals surface area contributed by atoms with Gasteiger partial charge in [0.1, 0.15) is 6.61 Å². The van der Waals surface area contributed by atoms with E-state index in [4.69, 9.17) is 9.84 Å². The Balaban J connectivity index is 2.72. The SMILES string of the molecule is CCCC[C@@H]1COC(=O)[C@H](CC(=O)O)C/C=C/CCC(=O)N1. The maximum atomic E-state index is 12.0. The lowest BCUT2D eigenvalue weighted by atomic mass is 10.0. The molecule has 1 rings (SSSR count). The van der Waals surface area contributed by atoms with Crippen LogP contribution in [0, 0.1) is 5.92 Å². The van der Waals surface area contributed by atoms with Crippen LogP contribution >= 0.6 is 0 Å². The van der Waals surface area contributed by atoms with E-state index in [1.54, 1.807) is 6.08 Å². The fraction of sp³-hybridized carbons (Fsp3) is 0.688. The molecule has 2 atom stereocenters. The average molecular weight is 311 g/mol. The molecule has 1 amide bonds. The normalized spacial score (nSPS) is 25.3. The van der Waals surface area contributed by atoms with Crippen molar-refractivity contribution in [3.63, 3.8) is 0 Å². The summed E-state index contributed by atoms with van der Waals surface area (Å²) < 4.78 is 5.24. The Morgan fingerprint density at radius 1 is 1.41 bits per heavy atom. The highest BCUT2D eigenvalue weighted by molar-refractivity contribution is 5.79. The molecule has 0 aromatic carbocycles. The molecule has 0 saturated heterocycles. The molecule has 1 heterocycles. The van der Waals surface area contributed by atoms with Crippen LogP contribution in [-0.4, -0.2) is 35.6 Å². The van der Waals surface area contributed by atoms with Crippen LogP contribution in [0.15, 0.2) is 12.2 Å². The molecule has 1 aliphatic rings. The quantitative estimate of drug-likeness (QED) is 0.598. The Hall–Kier alpha value is -1.85. The molecule has 22 heavy (non-hydrogen) atoms. The second-order valence-electron chi connectivity index (χ2n) is 5.58. The number of unbranched alkanes of at least 4 members (excludes halogenated alkanes) is 1. The third kappa shape index (κ3) is 7.24. The molecular weight excluding hydrogens is 286 g/mol. The largest absolute Gasteiger partial charge is 0.481 e. The fourth-order valence-electron chi connectivity index (χ4n) is 2.31. The van der Waals surface area contributed by atoms with E-state index >= 15 is 0 Å². The van der Waals surface area contributed by atoms with Crippen LogP contribution < -0.4 is 5.32 Å². The first kappa shape index (κ1) is 18.2. The van der Waals surface area contributed by atoms with E-state index in [1.165, 1.54) is 0 Å². The molecule has 1 aliphatic heterocycles. The number of rotatable bonds is 5. The van der Waals surface area contributed by atoms with Gasteiger partial charge in [-0.2, -0.15) is 0 Å². The van der Waals surface area contributed by atoms with Gasteiger partial charge in [0.2, 0.25) is 5.91 Å². The number of aliphatic carboxylic acids is 1. The predicted molar refractivity (Wildman–Crippen MR) is 81.1 cm³/mol. The Bertz CT molecular complexity index is 419. The van der Waals surface area contributed by atoms with Crippen molar-refractivity contribution in [1.82, 2.24) is 5.32 Å². The second-order valence-corrected chi connectivity index (χ2v) is 5.58. The van der Waals surface area contributed by atoms with Gasteiger partial charge < -0.3 is 15.2 Å². The van der Waals surface area contributed by atoms with Crippen molar-refractivity contribution in [2.24, 2.45) is 5.92 Å². The molecule has 0 radical (unpaired) electrons. The maximum Gasteiger partial charge on any atom is 0.309 e. The third-order valence-corrected chi connectivity index (χ3v) is 3.58. The van der Waals surface area contributed by atoms with E-state index < -0.39 is 17.9 Å². The van der Waals surface area contributed by atoms with E-state index in [0.717, 1.165) is 19.3 Å². The first-order valence-corrected chi connectivity index (χ1v) is 7.85. The van der Waals surface area contributed by atoms with Crippen molar-refractivity contribution in [3.8, 4) is 0 Å². The number of nitrogens with one attached hydrogen (secondary N) is 1. The number of esters is 1. The number of carboxylic acid groups (broad SMARTS) is 1. The first-order chi connectivity index (χ1) is 10.5. The smallest absolute Gasteiger partial charge is 0.309 e. The monoisotopic (exact) mass is 311 g/mol. The predicted octanol–water partition coefficient (Wildman–Crippen LogP) is 2.04. The topological polar surface area (TPSA) is 92.7 Å². The Kier molecular flexibility index (Phi) is 8.25. The van der Waals surface area contributed by atoms with Crippen molar-refractivity contribution < 1.29 is 24.2 Å². The molecule has 0 unspecified atom stereocenters. The van der Waals surface area contributed by atoms with Gasteiger partial charge in [0.05, 0.1) is 18.4 Å². The van der Waals surface area contributed by atoms with Crippen molar-refractivity contribution >= 4 is 17.8 Å². The lowest BCUT2D eigenvalue weighted by molar-refractivity contribution is -0.153. The molecule has 0 aromatic heterocycles. The molecule has 6 heteroatoms. The second kappa shape index (κ2) is 9.97. The lowest BCUT2D eigenvalue weighted by Crippen LogP contribution is -2.39. The van der Waals surface area contributed by atoms with Gasteiger partial charge >= 0.3 is 11.9 Å². The fourth-order valence-corrected chi connectivity index (χ4v) is 2.31. The summed E-state index contributed by atoms with van der Waals surface area (Å²) in [4.78, 5) is 34.7. The van der Waals surface area contributed by atoms with Gasteiger partial charge in [-0.3, -0.25) is 14.4 Å². The number of cyclic esters (lactones) is 1. The number of carbonyl (C=O) groups excluding carboxylic acids is 2. The Morgan fingerprint density at radius 2 is 2.18 bits per heavy atom. The first-order valence-electron chi connectivity index (χ1n) is 7.85. The van der Waals surface area contributed by atoms with Gasteiger partial charge in [-0.1, -0.05) is 31.9 Å². The summed E-state index contributed by atoms with van der Waals surface area (Å²) in [5, 5.41) is 11.8. The maximum absolute atomic E-state index is 12.0. The van der Waals surface area contributed by atoms with Crippen LogP contribution in [0.3, 0.4) is 0 Å². The van der Waals surface area contributed by atoms with Crippen LogP contribution in [0.5, 0.6) is 0 Å². The summed E-state index contributed by atoms with van der Waals surface area (Å²) in [7, 11) is 0. The molecule has 0 aromatic rings. The van der Waals surface area contributed by atoms with Gasteiger partial charge in [0.15, 0.2) is 0 Å². The van der Waals surface area contributed by atoms with E-state index in [0.29, 0.717) is 19.3 Å². The van der Waals surface area contributed by atoms with Crippen molar-refractivity contribution in [2.45, 2.75) is 57.9 Å². The summed E-state index contributed by atoms with van der Waals surface area (Å²) >= 11 is 0. The number of hydrogen-bond donors (Lipinski definition) is 2. The molecule has 0 bridgehead atoms. The van der Waals surface area contributed by atoms with Crippen molar-refractivity contribution in [1.29, 1.82) is 0 Å². The number of hydrogen-bond acceptors (Lipinski definition) is 4. The van der Waals surface area contributed by atoms with Gasteiger partial charge in [0, 0.05) is 6.42 Å². The minimum Gasteiger partial charge on any atom is -0.481 e. The summed E-state index contributed by atoms with van der Waals surface area (Å²) in [5.41, 5.74) is 0. The van der Waals surface area contributed by atoms with Crippen LogP contribution in [0.25, 0.3) is 0 Å². The summed E-state index contributed by atoms with van der Waals surface area (Å²) in [5.74, 6) is -2.25. The molecule has 0 saturated carbocycles. The zero-order chi connectivity index (χ0) is 16.4. The van der Waals surface area contributed by atoms with Gasteiger partial charge in [-0.15, -0.1) is 0 Å². The molecule has 2 N–H and O–H groups in total. The van der Waals surface area contributed by atoms with Gasteiger partial charge in [-0.25, -0.2) is 0 Å². The van der Waals surface area contributed by atoms with E-state index in [-0.39, 0.29) is 25.0 Å². The molecule has 0 fully saturated rings. The van der Waals surface area contributed by atoms with Gasteiger partial charge in [0.25, 0.3) is 0 Å². The van der Waals surface area contributed by atoms with Crippen molar-refractivity contribution in [2.75, 3.05) is 6.61 Å². The lowest BCUT2D eigenvalue weighted by Gasteiger charge is -2.21. The molecular formula is C16H25NO5. The van der Waals surface area contributed by atoms with E-state index in [1.807, 2.05) is 6.08 Å². The highest BCUT2D eigenvalue weighted by atomic mass is 16.5. The Morgan fingerprint density at radius 3 is 2.86 bits per heavy atom. The zero-order valence-electron chi connectivity index (χ0n) is 13.0. The average Bonchev–Trinajstić information content (AvgIpc) is 2.46. The van der Waals surface area contributed by atoms with Crippen molar-refractivity contribution in [3.05, 3.63) is 12.2 Å². The third-order valence-electron chi connectivity index (χ3n) is 3.58. The summed E-state index contributed by atoms with van der Waals surface area (Å²) in [6.45, 7) is 2.15. The minimum atomic E-state index is -1.02. The molecule has 0 aliphatic carbocycles. The number of amides is 1. The van der Waals surface area contributed by atoms with Crippen LogP contribution in [-0.2, 0) is 19.1 Å². The summed E-state index contributed by atoms with van der Waals surface area (Å²) in [6, 6.07) is -0.203. The van der Waals surface area contributed by atoms with Crippen LogP contribution in [0.4, 0.5) is 0 Å². The molecule has 6 nitrogen and oxygen atoms in total. The highest BCUT2D eigenvalue weighted by Crippen LogP contribution is 2.14.